The lowest BCUT2D eigenvalue weighted by Crippen LogP contribution is -2.32. The molecule has 96 valence electrons. The Morgan fingerprint density at radius 1 is 1.65 bits per heavy atom. The molecule has 0 aromatic carbocycles. The van der Waals surface area contributed by atoms with E-state index in [4.69, 9.17) is 9.63 Å². The number of unbranched alkanes of at least 4 members (excludes halogenated alkanes) is 1. The number of rotatable bonds is 7. The minimum absolute atomic E-state index is 0.413. The van der Waals surface area contributed by atoms with Gasteiger partial charge in [0.05, 0.1) is 5.92 Å². The van der Waals surface area contributed by atoms with E-state index in [-0.39, 0.29) is 0 Å². The third-order valence-electron chi connectivity index (χ3n) is 2.64. The second-order valence-corrected chi connectivity index (χ2v) is 4.33. The number of hydrogen-bond donors (Lipinski definition) is 1. The van der Waals surface area contributed by atoms with Crippen molar-refractivity contribution >= 4 is 11.8 Å². The average Bonchev–Trinajstić information content (AvgIpc) is 2.70. The van der Waals surface area contributed by atoms with Gasteiger partial charge in [0.15, 0.2) is 5.82 Å². The lowest BCUT2D eigenvalue weighted by molar-refractivity contribution is -0.140. The molecule has 5 heteroatoms. The third kappa shape index (κ3) is 4.09. The van der Waals surface area contributed by atoms with Crippen molar-refractivity contribution in [1.82, 2.24) is 5.16 Å². The molecule has 1 rings (SSSR count). The van der Waals surface area contributed by atoms with Gasteiger partial charge in [-0.1, -0.05) is 25.4 Å². The van der Waals surface area contributed by atoms with E-state index in [0.717, 1.165) is 31.0 Å². The minimum Gasteiger partial charge on any atom is -0.481 e. The van der Waals surface area contributed by atoms with Crippen LogP contribution >= 0.6 is 0 Å². The molecule has 0 saturated carbocycles. The van der Waals surface area contributed by atoms with Crippen LogP contribution in [0.2, 0.25) is 0 Å². The van der Waals surface area contributed by atoms with Crippen molar-refractivity contribution in [2.24, 2.45) is 5.92 Å². The fourth-order valence-corrected chi connectivity index (χ4v) is 1.56. The highest BCUT2D eigenvalue weighted by atomic mass is 16.5. The molecule has 0 spiro atoms. The van der Waals surface area contributed by atoms with E-state index in [9.17, 15) is 4.79 Å². The molecule has 0 saturated heterocycles. The number of nitrogens with zero attached hydrogens (tertiary/aromatic N) is 2. The Bertz CT molecular complexity index is 362. The molecule has 1 aromatic heterocycles. The number of aromatic nitrogens is 1. The second-order valence-electron chi connectivity index (χ2n) is 4.33. The Hall–Kier alpha value is -1.52. The molecule has 1 heterocycles. The van der Waals surface area contributed by atoms with E-state index >= 15 is 0 Å². The van der Waals surface area contributed by atoms with Crippen LogP contribution in [0.5, 0.6) is 0 Å². The number of aliphatic carboxylic acids is 1. The fourth-order valence-electron chi connectivity index (χ4n) is 1.56. The maximum atomic E-state index is 10.9. The van der Waals surface area contributed by atoms with Crippen molar-refractivity contribution < 1.29 is 14.4 Å². The minimum atomic E-state index is -0.785. The topological polar surface area (TPSA) is 66.6 Å². The molecule has 1 atom stereocenters. The Labute approximate surface area is 101 Å². The molecule has 17 heavy (non-hydrogen) atoms. The molecule has 0 aliphatic heterocycles. The van der Waals surface area contributed by atoms with Gasteiger partial charge in [0.25, 0.3) is 0 Å². The highest BCUT2D eigenvalue weighted by Gasteiger charge is 2.18. The van der Waals surface area contributed by atoms with E-state index in [1.165, 1.54) is 0 Å². The van der Waals surface area contributed by atoms with Crippen LogP contribution in [0.3, 0.4) is 0 Å². The highest BCUT2D eigenvalue weighted by molar-refractivity contribution is 5.70. The van der Waals surface area contributed by atoms with E-state index in [1.54, 1.807) is 6.92 Å². The van der Waals surface area contributed by atoms with Crippen molar-refractivity contribution in [3.63, 3.8) is 0 Å². The zero-order valence-corrected chi connectivity index (χ0v) is 10.6. The quantitative estimate of drug-likeness (QED) is 0.792. The van der Waals surface area contributed by atoms with Crippen molar-refractivity contribution in [2.75, 3.05) is 18.0 Å². The molecular formula is C12H20N2O3. The molecule has 0 radical (unpaired) electrons. The summed E-state index contributed by atoms with van der Waals surface area (Å²) in [5, 5.41) is 12.9. The van der Waals surface area contributed by atoms with Gasteiger partial charge in [-0.3, -0.25) is 4.79 Å². The Morgan fingerprint density at radius 2 is 2.35 bits per heavy atom. The summed E-state index contributed by atoms with van der Waals surface area (Å²) in [6, 6.07) is 1.84. The summed E-state index contributed by atoms with van der Waals surface area (Å²) in [5.74, 6) is 0.268. The van der Waals surface area contributed by atoms with Gasteiger partial charge in [-0.25, -0.2) is 0 Å². The molecule has 0 aliphatic rings. The lowest BCUT2D eigenvalue weighted by atomic mass is 10.1. The first-order chi connectivity index (χ1) is 8.04. The SMILES string of the molecule is CCCCN(CC(C)C(=O)O)c1cc(C)on1. The Morgan fingerprint density at radius 3 is 2.82 bits per heavy atom. The van der Waals surface area contributed by atoms with Gasteiger partial charge < -0.3 is 14.5 Å². The van der Waals surface area contributed by atoms with Crippen LogP contribution in [-0.2, 0) is 4.79 Å². The van der Waals surface area contributed by atoms with Crippen LogP contribution in [0.15, 0.2) is 10.6 Å². The van der Waals surface area contributed by atoms with Gasteiger partial charge in [-0.15, -0.1) is 0 Å². The van der Waals surface area contributed by atoms with E-state index in [0.29, 0.717) is 6.54 Å². The van der Waals surface area contributed by atoms with Crippen molar-refractivity contribution in [3.05, 3.63) is 11.8 Å². The van der Waals surface area contributed by atoms with E-state index in [2.05, 4.69) is 12.1 Å². The first-order valence-corrected chi connectivity index (χ1v) is 5.95. The van der Waals surface area contributed by atoms with Gasteiger partial charge in [0, 0.05) is 19.2 Å². The Kier molecular flexibility index (Phi) is 5.00. The van der Waals surface area contributed by atoms with Crippen molar-refractivity contribution in [1.29, 1.82) is 0 Å². The van der Waals surface area contributed by atoms with Gasteiger partial charge in [0.1, 0.15) is 5.76 Å². The number of carboxylic acids is 1. The van der Waals surface area contributed by atoms with Crippen LogP contribution in [0, 0.1) is 12.8 Å². The van der Waals surface area contributed by atoms with E-state index in [1.807, 2.05) is 17.9 Å². The zero-order valence-electron chi connectivity index (χ0n) is 10.6. The van der Waals surface area contributed by atoms with Crippen LogP contribution < -0.4 is 4.90 Å². The number of aryl methyl sites for hydroxylation is 1. The summed E-state index contributed by atoms with van der Waals surface area (Å²) in [6.07, 6.45) is 2.08. The maximum Gasteiger partial charge on any atom is 0.308 e. The average molecular weight is 240 g/mol. The third-order valence-corrected chi connectivity index (χ3v) is 2.64. The smallest absolute Gasteiger partial charge is 0.308 e. The molecule has 0 aliphatic carbocycles. The van der Waals surface area contributed by atoms with Gasteiger partial charge >= 0.3 is 5.97 Å². The fraction of sp³-hybridized carbons (Fsp3) is 0.667. The summed E-state index contributed by atoms with van der Waals surface area (Å²) in [7, 11) is 0. The van der Waals surface area contributed by atoms with Crippen LogP contribution in [0.25, 0.3) is 0 Å². The van der Waals surface area contributed by atoms with E-state index < -0.39 is 11.9 Å². The predicted molar refractivity (Wildman–Crippen MR) is 65.2 cm³/mol. The molecule has 1 aromatic rings. The summed E-state index contributed by atoms with van der Waals surface area (Å²) < 4.78 is 5.03. The molecule has 1 N–H and O–H groups in total. The van der Waals surface area contributed by atoms with Crippen molar-refractivity contribution in [3.8, 4) is 0 Å². The van der Waals surface area contributed by atoms with Gasteiger partial charge in [-0.2, -0.15) is 0 Å². The second kappa shape index (κ2) is 6.27. The predicted octanol–water partition coefficient (Wildman–Crippen LogP) is 2.31. The van der Waals surface area contributed by atoms with Gasteiger partial charge in [-0.05, 0) is 13.3 Å². The number of anilines is 1. The summed E-state index contributed by atoms with van der Waals surface area (Å²) >= 11 is 0. The van der Waals surface area contributed by atoms with Crippen LogP contribution in [-0.4, -0.2) is 29.3 Å². The molecule has 5 nitrogen and oxygen atoms in total. The molecule has 0 fully saturated rings. The highest BCUT2D eigenvalue weighted by Crippen LogP contribution is 2.16. The first kappa shape index (κ1) is 13.5. The first-order valence-electron chi connectivity index (χ1n) is 5.95. The number of carboxylic acid groups (broad SMARTS) is 1. The standard InChI is InChI=1S/C12H20N2O3/c1-4-5-6-14(8-9(2)12(15)16)11-7-10(3)17-13-11/h7,9H,4-6,8H2,1-3H3,(H,15,16). The normalized spacial score (nSPS) is 12.4. The molecule has 0 bridgehead atoms. The lowest BCUT2D eigenvalue weighted by Gasteiger charge is -2.23. The largest absolute Gasteiger partial charge is 0.481 e. The molecule has 0 amide bonds. The number of carbonyl (C=O) groups is 1. The van der Waals surface area contributed by atoms with Crippen molar-refractivity contribution in [2.45, 2.75) is 33.6 Å². The molecule has 1 unspecified atom stereocenters. The van der Waals surface area contributed by atoms with Gasteiger partial charge in [0.2, 0.25) is 0 Å². The Balaban J connectivity index is 2.69. The number of hydrogen-bond acceptors (Lipinski definition) is 4. The van der Waals surface area contributed by atoms with Crippen LogP contribution in [0.4, 0.5) is 5.82 Å². The monoisotopic (exact) mass is 240 g/mol. The van der Waals surface area contributed by atoms with Crippen LogP contribution in [0.1, 0.15) is 32.4 Å². The summed E-state index contributed by atoms with van der Waals surface area (Å²) in [5.41, 5.74) is 0. The summed E-state index contributed by atoms with van der Waals surface area (Å²) in [6.45, 7) is 6.90. The summed E-state index contributed by atoms with van der Waals surface area (Å²) in [4.78, 5) is 12.8. The maximum absolute atomic E-state index is 10.9. The zero-order chi connectivity index (χ0) is 12.8. The molecular weight excluding hydrogens is 220 g/mol.